The van der Waals surface area contributed by atoms with E-state index < -0.39 is 11.9 Å². The Morgan fingerprint density at radius 3 is 2.78 bits per heavy atom. The third-order valence-electron chi connectivity index (χ3n) is 4.26. The second-order valence-electron chi connectivity index (χ2n) is 6.10. The summed E-state index contributed by atoms with van der Waals surface area (Å²) < 4.78 is 10.7. The van der Waals surface area contributed by atoms with Crippen molar-refractivity contribution in [3.05, 3.63) is 47.9 Å². The molecular formula is C19H20N2O6. The molecule has 1 atom stereocenters. The highest BCUT2D eigenvalue weighted by molar-refractivity contribution is 6.01. The first-order chi connectivity index (χ1) is 13.0. The average molecular weight is 372 g/mol. The summed E-state index contributed by atoms with van der Waals surface area (Å²) in [4.78, 5) is 37.2. The molecule has 1 fully saturated rings. The quantitative estimate of drug-likeness (QED) is 0.770. The van der Waals surface area contributed by atoms with Gasteiger partial charge in [-0.25, -0.2) is 4.79 Å². The summed E-state index contributed by atoms with van der Waals surface area (Å²) in [7, 11) is 0. The van der Waals surface area contributed by atoms with Crippen LogP contribution in [-0.2, 0) is 16.1 Å². The fraction of sp³-hybridized carbons (Fsp3) is 0.316. The van der Waals surface area contributed by atoms with E-state index in [2.05, 4.69) is 5.32 Å². The first-order valence-corrected chi connectivity index (χ1v) is 8.61. The smallest absolute Gasteiger partial charge is 0.371 e. The second kappa shape index (κ2) is 7.94. The highest BCUT2D eigenvalue weighted by atomic mass is 16.5. The van der Waals surface area contributed by atoms with Crippen LogP contribution in [-0.4, -0.2) is 36.0 Å². The molecule has 0 unspecified atom stereocenters. The van der Waals surface area contributed by atoms with E-state index in [1.165, 1.54) is 12.1 Å². The van der Waals surface area contributed by atoms with Gasteiger partial charge in [-0.3, -0.25) is 9.59 Å². The normalized spacial score (nSPS) is 16.4. The van der Waals surface area contributed by atoms with Gasteiger partial charge in [-0.15, -0.1) is 0 Å². The predicted molar refractivity (Wildman–Crippen MR) is 95.6 cm³/mol. The Balaban J connectivity index is 1.62. The van der Waals surface area contributed by atoms with Crippen molar-refractivity contribution in [2.24, 2.45) is 5.92 Å². The lowest BCUT2D eigenvalue weighted by molar-refractivity contribution is -0.126. The lowest BCUT2D eigenvalue weighted by atomic mass is 10.1. The van der Waals surface area contributed by atoms with Crippen molar-refractivity contribution in [2.45, 2.75) is 19.9 Å². The highest BCUT2D eigenvalue weighted by Gasteiger charge is 2.36. The summed E-state index contributed by atoms with van der Waals surface area (Å²) in [6.07, 6.45) is 0.102. The van der Waals surface area contributed by atoms with E-state index in [1.54, 1.807) is 17.0 Å². The SMILES string of the molecule is CCOc1ccccc1N1C[C@@H](C(=O)NCc2ccc(C(=O)O)o2)CC1=O. The minimum absolute atomic E-state index is 0.0618. The number of furan rings is 1. The molecule has 1 aromatic heterocycles. The van der Waals surface area contributed by atoms with Gasteiger partial charge in [-0.05, 0) is 31.2 Å². The van der Waals surface area contributed by atoms with Crippen molar-refractivity contribution in [2.75, 3.05) is 18.1 Å². The van der Waals surface area contributed by atoms with Crippen LogP contribution in [0.3, 0.4) is 0 Å². The average Bonchev–Trinajstić information content (AvgIpc) is 3.27. The lowest BCUT2D eigenvalue weighted by Gasteiger charge is -2.20. The zero-order valence-electron chi connectivity index (χ0n) is 14.8. The molecule has 0 bridgehead atoms. The zero-order chi connectivity index (χ0) is 19.4. The van der Waals surface area contributed by atoms with Crippen molar-refractivity contribution in [3.63, 3.8) is 0 Å². The fourth-order valence-electron chi connectivity index (χ4n) is 2.98. The number of ether oxygens (including phenoxy) is 1. The number of para-hydroxylation sites is 2. The van der Waals surface area contributed by atoms with E-state index in [0.29, 0.717) is 23.8 Å². The second-order valence-corrected chi connectivity index (χ2v) is 6.10. The number of carbonyl (C=O) groups is 3. The van der Waals surface area contributed by atoms with Crippen molar-refractivity contribution >= 4 is 23.5 Å². The monoisotopic (exact) mass is 372 g/mol. The minimum atomic E-state index is -1.17. The summed E-state index contributed by atoms with van der Waals surface area (Å²) in [5.41, 5.74) is 0.650. The number of carboxylic acid groups (broad SMARTS) is 1. The Bertz CT molecular complexity index is 859. The van der Waals surface area contributed by atoms with E-state index >= 15 is 0 Å². The third kappa shape index (κ3) is 4.11. The van der Waals surface area contributed by atoms with E-state index in [4.69, 9.17) is 14.3 Å². The molecule has 27 heavy (non-hydrogen) atoms. The van der Waals surface area contributed by atoms with E-state index in [-0.39, 0.29) is 37.1 Å². The number of amides is 2. The molecule has 1 aliphatic heterocycles. The lowest BCUT2D eigenvalue weighted by Crippen LogP contribution is -2.32. The molecule has 142 valence electrons. The number of benzene rings is 1. The Morgan fingerprint density at radius 2 is 2.07 bits per heavy atom. The van der Waals surface area contributed by atoms with Crippen LogP contribution in [0.4, 0.5) is 5.69 Å². The van der Waals surface area contributed by atoms with Gasteiger partial charge in [0.05, 0.1) is 24.8 Å². The molecule has 1 saturated heterocycles. The molecule has 2 amide bonds. The largest absolute Gasteiger partial charge is 0.492 e. The van der Waals surface area contributed by atoms with Gasteiger partial charge < -0.3 is 24.5 Å². The maximum Gasteiger partial charge on any atom is 0.371 e. The molecule has 0 saturated carbocycles. The molecule has 2 N–H and O–H groups in total. The summed E-state index contributed by atoms with van der Waals surface area (Å²) in [6, 6.07) is 10.0. The van der Waals surface area contributed by atoms with Crippen LogP contribution in [0.15, 0.2) is 40.8 Å². The number of anilines is 1. The summed E-state index contributed by atoms with van der Waals surface area (Å²) >= 11 is 0. The van der Waals surface area contributed by atoms with Gasteiger partial charge >= 0.3 is 5.97 Å². The maximum atomic E-state index is 12.4. The first kappa shape index (κ1) is 18.5. The van der Waals surface area contributed by atoms with Gasteiger partial charge in [0.2, 0.25) is 17.6 Å². The molecule has 2 heterocycles. The van der Waals surface area contributed by atoms with Crippen LogP contribution in [0.5, 0.6) is 5.75 Å². The Hall–Kier alpha value is -3.29. The number of aromatic carboxylic acids is 1. The molecule has 8 heteroatoms. The predicted octanol–water partition coefficient (Wildman–Crippen LogP) is 2.05. The van der Waals surface area contributed by atoms with Gasteiger partial charge in [0.1, 0.15) is 11.5 Å². The van der Waals surface area contributed by atoms with Crippen LogP contribution < -0.4 is 15.0 Å². The molecular weight excluding hydrogens is 352 g/mol. The van der Waals surface area contributed by atoms with Gasteiger partial charge in [-0.2, -0.15) is 0 Å². The maximum absolute atomic E-state index is 12.4. The van der Waals surface area contributed by atoms with E-state index in [1.807, 2.05) is 19.1 Å². The van der Waals surface area contributed by atoms with E-state index in [9.17, 15) is 14.4 Å². The Morgan fingerprint density at radius 1 is 1.30 bits per heavy atom. The number of nitrogens with one attached hydrogen (secondary N) is 1. The Kier molecular flexibility index (Phi) is 5.44. The summed E-state index contributed by atoms with van der Waals surface area (Å²) in [5.74, 6) is -1.34. The van der Waals surface area contributed by atoms with Gasteiger partial charge in [0.15, 0.2) is 0 Å². The zero-order valence-corrected chi connectivity index (χ0v) is 14.8. The molecule has 8 nitrogen and oxygen atoms in total. The molecule has 1 aliphatic rings. The van der Waals surface area contributed by atoms with Crippen molar-refractivity contribution in [3.8, 4) is 5.75 Å². The molecule has 1 aromatic carbocycles. The first-order valence-electron chi connectivity index (χ1n) is 8.61. The molecule has 0 spiro atoms. The standard InChI is InChI=1S/C19H20N2O6/c1-2-26-15-6-4-3-5-14(15)21-11-12(9-17(21)22)18(23)20-10-13-7-8-16(27-13)19(24)25/h3-8,12H,2,9-11H2,1H3,(H,20,23)(H,24,25)/t12-/m0/s1. The van der Waals surface area contributed by atoms with Gasteiger partial charge in [-0.1, -0.05) is 12.1 Å². The molecule has 0 aliphatic carbocycles. The number of rotatable bonds is 7. The van der Waals surface area contributed by atoms with E-state index in [0.717, 1.165) is 0 Å². The number of hydrogen-bond acceptors (Lipinski definition) is 5. The number of carboxylic acids is 1. The van der Waals surface area contributed by atoms with Gasteiger partial charge in [0.25, 0.3) is 0 Å². The van der Waals surface area contributed by atoms with Crippen LogP contribution >= 0.6 is 0 Å². The van der Waals surface area contributed by atoms with Crippen LogP contribution in [0.25, 0.3) is 0 Å². The Labute approximate surface area is 155 Å². The molecule has 3 rings (SSSR count). The third-order valence-corrected chi connectivity index (χ3v) is 4.26. The summed E-state index contributed by atoms with van der Waals surface area (Å²) in [5, 5.41) is 11.5. The topological polar surface area (TPSA) is 109 Å². The van der Waals surface area contributed by atoms with Crippen LogP contribution in [0.1, 0.15) is 29.7 Å². The number of hydrogen-bond donors (Lipinski definition) is 2. The van der Waals surface area contributed by atoms with Gasteiger partial charge in [0, 0.05) is 13.0 Å². The molecule has 0 radical (unpaired) electrons. The molecule has 2 aromatic rings. The van der Waals surface area contributed by atoms with Crippen LogP contribution in [0, 0.1) is 5.92 Å². The summed E-state index contributed by atoms with van der Waals surface area (Å²) in [6.45, 7) is 2.66. The highest BCUT2D eigenvalue weighted by Crippen LogP contribution is 2.33. The van der Waals surface area contributed by atoms with Crippen molar-refractivity contribution < 1.29 is 28.6 Å². The number of nitrogens with zero attached hydrogens (tertiary/aromatic N) is 1. The fourth-order valence-corrected chi connectivity index (χ4v) is 2.98. The van der Waals surface area contributed by atoms with Crippen molar-refractivity contribution in [1.29, 1.82) is 0 Å². The minimum Gasteiger partial charge on any atom is -0.492 e. The van der Waals surface area contributed by atoms with Crippen LogP contribution in [0.2, 0.25) is 0 Å². The number of carbonyl (C=O) groups excluding carboxylic acids is 2. The van der Waals surface area contributed by atoms with Crippen molar-refractivity contribution in [1.82, 2.24) is 5.32 Å².